The number of nitrogens with zero attached hydrogens (tertiary/aromatic N) is 1. The van der Waals surface area contributed by atoms with E-state index in [2.05, 4.69) is 22.5 Å². The Balaban J connectivity index is 2.15. The summed E-state index contributed by atoms with van der Waals surface area (Å²) >= 11 is 0. The quantitative estimate of drug-likeness (QED) is 0.317. The Morgan fingerprint density at radius 1 is 1.45 bits per heavy atom. The van der Waals surface area contributed by atoms with E-state index in [4.69, 9.17) is 9.47 Å². The second kappa shape index (κ2) is 8.79. The highest BCUT2D eigenvalue weighted by molar-refractivity contribution is 5.79. The molecule has 0 aliphatic carbocycles. The summed E-state index contributed by atoms with van der Waals surface area (Å²) in [6.45, 7) is 6.63. The zero-order valence-corrected chi connectivity index (χ0v) is 12.8. The summed E-state index contributed by atoms with van der Waals surface area (Å²) in [5.41, 5.74) is -0.0947. The van der Waals surface area contributed by atoms with Gasteiger partial charge in [-0.25, -0.2) is 0 Å². The molecule has 1 aliphatic rings. The summed E-state index contributed by atoms with van der Waals surface area (Å²) in [5.74, 6) is 0.592. The summed E-state index contributed by atoms with van der Waals surface area (Å²) < 4.78 is 10.6. The summed E-state index contributed by atoms with van der Waals surface area (Å²) in [5, 5.41) is 6.45. The minimum Gasteiger partial charge on any atom is -0.466 e. The molecule has 2 N–H and O–H groups in total. The molecule has 1 atom stereocenters. The maximum atomic E-state index is 11.2. The second-order valence-corrected chi connectivity index (χ2v) is 5.16. The van der Waals surface area contributed by atoms with Crippen LogP contribution in [0.4, 0.5) is 0 Å². The predicted octanol–water partition coefficient (Wildman–Crippen LogP) is 1.06. The molecule has 6 nitrogen and oxygen atoms in total. The maximum Gasteiger partial charge on any atom is 0.305 e. The van der Waals surface area contributed by atoms with E-state index >= 15 is 0 Å². The molecule has 1 unspecified atom stereocenters. The van der Waals surface area contributed by atoms with Crippen LogP contribution in [-0.4, -0.2) is 50.9 Å². The first-order valence-corrected chi connectivity index (χ1v) is 7.34. The Bertz CT molecular complexity index is 326. The number of guanidine groups is 1. The Hall–Kier alpha value is -1.30. The highest BCUT2D eigenvalue weighted by Crippen LogP contribution is 2.23. The molecule has 6 heteroatoms. The lowest BCUT2D eigenvalue weighted by Gasteiger charge is -2.24. The molecule has 0 aromatic rings. The summed E-state index contributed by atoms with van der Waals surface area (Å²) in [4.78, 5) is 15.3. The van der Waals surface area contributed by atoms with Gasteiger partial charge in [-0.1, -0.05) is 0 Å². The Kier molecular flexibility index (Phi) is 7.36. The molecule has 1 rings (SSSR count). The van der Waals surface area contributed by atoms with Crippen molar-refractivity contribution in [3.63, 3.8) is 0 Å². The smallest absolute Gasteiger partial charge is 0.305 e. The van der Waals surface area contributed by atoms with E-state index in [9.17, 15) is 4.79 Å². The van der Waals surface area contributed by atoms with Crippen LogP contribution in [-0.2, 0) is 14.3 Å². The van der Waals surface area contributed by atoms with E-state index < -0.39 is 0 Å². The fourth-order valence-electron chi connectivity index (χ4n) is 2.14. The van der Waals surface area contributed by atoms with Crippen molar-refractivity contribution in [1.82, 2.24) is 10.6 Å². The Labute approximate surface area is 121 Å². The number of aliphatic imine (C=N–C) groups is 1. The molecule has 1 saturated heterocycles. The van der Waals surface area contributed by atoms with Crippen LogP contribution in [0.1, 0.15) is 39.5 Å². The van der Waals surface area contributed by atoms with Gasteiger partial charge in [0.2, 0.25) is 0 Å². The molecule has 0 aromatic carbocycles. The molecule has 0 saturated carbocycles. The fourth-order valence-corrected chi connectivity index (χ4v) is 2.14. The van der Waals surface area contributed by atoms with Crippen molar-refractivity contribution in [3.05, 3.63) is 0 Å². The third kappa shape index (κ3) is 6.23. The van der Waals surface area contributed by atoms with Crippen LogP contribution in [0.5, 0.6) is 0 Å². The van der Waals surface area contributed by atoms with Gasteiger partial charge in [0.05, 0.1) is 12.2 Å². The minimum absolute atomic E-state index is 0.0947. The molecule has 0 bridgehead atoms. The third-order valence-corrected chi connectivity index (χ3v) is 3.31. The number of esters is 1. The summed E-state index contributed by atoms with van der Waals surface area (Å²) in [7, 11) is 1.73. The second-order valence-electron chi connectivity index (χ2n) is 5.16. The van der Waals surface area contributed by atoms with Crippen molar-refractivity contribution in [3.8, 4) is 0 Å². The molecule has 0 spiro atoms. The zero-order valence-electron chi connectivity index (χ0n) is 12.8. The van der Waals surface area contributed by atoms with Gasteiger partial charge in [-0.3, -0.25) is 9.79 Å². The number of nitrogens with one attached hydrogen (secondary N) is 2. The van der Waals surface area contributed by atoms with Crippen molar-refractivity contribution in [1.29, 1.82) is 0 Å². The maximum absolute atomic E-state index is 11.2. The lowest BCUT2D eigenvalue weighted by Crippen LogP contribution is -2.45. The number of ether oxygens (including phenoxy) is 2. The molecule has 1 aliphatic heterocycles. The molecule has 20 heavy (non-hydrogen) atoms. The van der Waals surface area contributed by atoms with Crippen molar-refractivity contribution in [2.24, 2.45) is 4.99 Å². The highest BCUT2D eigenvalue weighted by atomic mass is 16.5. The van der Waals surface area contributed by atoms with E-state index in [1.165, 1.54) is 0 Å². The van der Waals surface area contributed by atoms with Gasteiger partial charge in [0.25, 0.3) is 0 Å². The number of hydrogen-bond acceptors (Lipinski definition) is 4. The first kappa shape index (κ1) is 16.8. The van der Waals surface area contributed by atoms with Crippen LogP contribution < -0.4 is 10.6 Å². The van der Waals surface area contributed by atoms with Gasteiger partial charge in [-0.15, -0.1) is 0 Å². The first-order valence-electron chi connectivity index (χ1n) is 7.34. The zero-order chi connectivity index (χ0) is 14.8. The largest absolute Gasteiger partial charge is 0.466 e. The topological polar surface area (TPSA) is 72.0 Å². The van der Waals surface area contributed by atoms with Crippen LogP contribution in [0.15, 0.2) is 4.99 Å². The number of rotatable bonds is 7. The normalized spacial score (nSPS) is 22.6. The molecular formula is C14H27N3O3. The van der Waals surface area contributed by atoms with Crippen molar-refractivity contribution < 1.29 is 14.3 Å². The molecule has 116 valence electrons. The van der Waals surface area contributed by atoms with E-state index in [0.717, 1.165) is 38.4 Å². The van der Waals surface area contributed by atoms with Gasteiger partial charge in [0.15, 0.2) is 5.96 Å². The number of hydrogen-bond donors (Lipinski definition) is 2. The monoisotopic (exact) mass is 285 g/mol. The molecule has 1 heterocycles. The summed E-state index contributed by atoms with van der Waals surface area (Å²) in [6.07, 6.45) is 3.34. The SMILES string of the molecule is CCOC(=O)CCCNC(=NC)NCC1(C)CCCO1. The standard InChI is InChI=1S/C14H27N3O3/c1-4-19-12(18)7-5-9-16-13(15-3)17-11-14(2)8-6-10-20-14/h4-11H2,1-3H3,(H2,15,16,17). The molecule has 1 fully saturated rings. The van der Waals surface area contributed by atoms with Gasteiger partial charge in [0.1, 0.15) is 0 Å². The van der Waals surface area contributed by atoms with E-state index in [1.54, 1.807) is 7.05 Å². The highest BCUT2D eigenvalue weighted by Gasteiger charge is 2.29. The number of carbonyl (C=O) groups is 1. The first-order chi connectivity index (χ1) is 9.59. The fraction of sp³-hybridized carbons (Fsp3) is 0.857. The molecular weight excluding hydrogens is 258 g/mol. The number of carbonyl (C=O) groups excluding carboxylic acids is 1. The van der Waals surface area contributed by atoms with Crippen LogP contribution in [0, 0.1) is 0 Å². The average molecular weight is 285 g/mol. The van der Waals surface area contributed by atoms with Gasteiger partial charge < -0.3 is 20.1 Å². The Morgan fingerprint density at radius 3 is 2.85 bits per heavy atom. The van der Waals surface area contributed by atoms with E-state index in [1.807, 2.05) is 6.92 Å². The van der Waals surface area contributed by atoms with Gasteiger partial charge in [0, 0.05) is 33.2 Å². The third-order valence-electron chi connectivity index (χ3n) is 3.31. The predicted molar refractivity (Wildman–Crippen MR) is 78.8 cm³/mol. The van der Waals surface area contributed by atoms with Crippen molar-refractivity contribution in [2.75, 3.05) is 33.4 Å². The lowest BCUT2D eigenvalue weighted by molar-refractivity contribution is -0.143. The molecule has 0 radical (unpaired) electrons. The van der Waals surface area contributed by atoms with Gasteiger partial charge in [-0.05, 0) is 33.1 Å². The van der Waals surface area contributed by atoms with Crippen LogP contribution in [0.25, 0.3) is 0 Å². The molecule has 0 amide bonds. The minimum atomic E-state index is -0.149. The van der Waals surface area contributed by atoms with Crippen molar-refractivity contribution in [2.45, 2.75) is 45.1 Å². The van der Waals surface area contributed by atoms with E-state index in [-0.39, 0.29) is 11.6 Å². The van der Waals surface area contributed by atoms with Crippen LogP contribution >= 0.6 is 0 Å². The summed E-state index contributed by atoms with van der Waals surface area (Å²) in [6, 6.07) is 0. The van der Waals surface area contributed by atoms with Crippen molar-refractivity contribution >= 4 is 11.9 Å². The lowest BCUT2D eigenvalue weighted by atomic mass is 10.0. The Morgan fingerprint density at radius 2 is 2.25 bits per heavy atom. The van der Waals surface area contributed by atoms with Crippen LogP contribution in [0.3, 0.4) is 0 Å². The van der Waals surface area contributed by atoms with Gasteiger partial charge in [-0.2, -0.15) is 0 Å². The average Bonchev–Trinajstić information content (AvgIpc) is 2.85. The van der Waals surface area contributed by atoms with Gasteiger partial charge >= 0.3 is 5.97 Å². The van der Waals surface area contributed by atoms with Crippen LogP contribution in [0.2, 0.25) is 0 Å². The van der Waals surface area contributed by atoms with E-state index in [0.29, 0.717) is 19.6 Å². The molecule has 0 aromatic heterocycles.